The summed E-state index contributed by atoms with van der Waals surface area (Å²) in [6, 6.07) is 0. The van der Waals surface area contributed by atoms with Crippen LogP contribution in [-0.4, -0.2) is 36.3 Å². The molecule has 0 aromatic carbocycles. The van der Waals surface area contributed by atoms with E-state index in [9.17, 15) is 19.7 Å². The number of anilines is 1. The van der Waals surface area contributed by atoms with Gasteiger partial charge in [0.15, 0.2) is 5.69 Å². The Labute approximate surface area is 161 Å². The third-order valence-corrected chi connectivity index (χ3v) is 3.94. The number of nitrogen functional groups attached to an aromatic ring is 1. The van der Waals surface area contributed by atoms with E-state index >= 15 is 0 Å². The van der Waals surface area contributed by atoms with E-state index in [1.54, 1.807) is 32.6 Å². The molecule has 12 nitrogen and oxygen atoms in total. The second-order valence-electron chi connectivity index (χ2n) is 6.77. The molecule has 0 fully saturated rings. The smallest absolute Gasteiger partial charge is 0.323 e. The van der Waals surface area contributed by atoms with E-state index in [1.165, 1.54) is 4.68 Å². The van der Waals surface area contributed by atoms with E-state index in [1.807, 2.05) is 13.8 Å². The van der Waals surface area contributed by atoms with Gasteiger partial charge in [0.1, 0.15) is 5.69 Å². The molecule has 0 radical (unpaired) electrons. The van der Waals surface area contributed by atoms with E-state index < -0.39 is 16.7 Å². The van der Waals surface area contributed by atoms with Gasteiger partial charge in [-0.05, 0) is 5.92 Å². The number of rotatable bonds is 5. The fraction of sp³-hybridized carbons (Fsp3) is 0.500. The Bertz CT molecular complexity index is 910. The van der Waals surface area contributed by atoms with Crippen LogP contribution in [0.15, 0.2) is 0 Å². The van der Waals surface area contributed by atoms with Crippen molar-refractivity contribution in [2.75, 3.05) is 5.73 Å². The minimum Gasteiger partial charge on any atom is -0.395 e. The lowest BCUT2D eigenvalue weighted by molar-refractivity contribution is -0.386. The highest BCUT2D eigenvalue weighted by Crippen LogP contribution is 2.28. The molecule has 0 aliphatic heterocycles. The third-order valence-electron chi connectivity index (χ3n) is 3.94. The predicted octanol–water partition coefficient (Wildman–Crippen LogP) is 0.775. The number of carbonyl (C=O) groups is 2. The summed E-state index contributed by atoms with van der Waals surface area (Å²) in [7, 11) is 3.30. The molecular weight excluding hydrogens is 368 g/mol. The molecule has 2 aromatic rings. The van der Waals surface area contributed by atoms with Gasteiger partial charge in [0.2, 0.25) is 5.69 Å². The number of nitrogens with two attached hydrogens (primary N) is 3. The number of amides is 2. The topological polar surface area (TPSA) is 191 Å². The third kappa shape index (κ3) is 4.45. The first-order valence-electron chi connectivity index (χ1n) is 8.44. The van der Waals surface area contributed by atoms with Crippen LogP contribution in [0.3, 0.4) is 0 Å². The van der Waals surface area contributed by atoms with Gasteiger partial charge in [0.05, 0.1) is 16.3 Å². The highest BCUT2D eigenvalue weighted by atomic mass is 16.6. The number of hydrogen-bond acceptors (Lipinski definition) is 7. The maximum Gasteiger partial charge on any atom is 0.323 e. The number of aromatic nitrogens is 4. The Morgan fingerprint density at radius 1 is 0.929 bits per heavy atom. The summed E-state index contributed by atoms with van der Waals surface area (Å²) in [5, 5.41) is 18.5. The van der Waals surface area contributed by atoms with E-state index in [0.717, 1.165) is 5.69 Å². The molecule has 0 atom stereocenters. The predicted molar refractivity (Wildman–Crippen MR) is 103 cm³/mol. The largest absolute Gasteiger partial charge is 0.395 e. The minimum atomic E-state index is -0.885. The lowest BCUT2D eigenvalue weighted by Crippen LogP contribution is -2.13. The molecule has 0 aliphatic rings. The lowest BCUT2D eigenvalue weighted by Gasteiger charge is -2.05. The molecule has 0 saturated carbocycles. The molecule has 0 spiro atoms. The van der Waals surface area contributed by atoms with Crippen LogP contribution >= 0.6 is 0 Å². The average Bonchev–Trinajstić information content (AvgIpc) is 3.05. The van der Waals surface area contributed by atoms with Gasteiger partial charge in [-0.25, -0.2) is 0 Å². The van der Waals surface area contributed by atoms with Crippen LogP contribution in [0.1, 0.15) is 71.9 Å². The fourth-order valence-corrected chi connectivity index (χ4v) is 2.94. The van der Waals surface area contributed by atoms with Crippen molar-refractivity contribution in [1.29, 1.82) is 0 Å². The SMILES string of the molecule is CC(C)c1c(N)c(C(N)=O)nn1C.CC(C)c1c([N+](=O)[O-])c(C(N)=O)nn1C. The van der Waals surface area contributed by atoms with Crippen LogP contribution < -0.4 is 17.2 Å². The quantitative estimate of drug-likeness (QED) is 0.492. The van der Waals surface area contributed by atoms with E-state index in [2.05, 4.69) is 10.2 Å². The van der Waals surface area contributed by atoms with Crippen LogP contribution in [0.5, 0.6) is 0 Å². The average molecular weight is 394 g/mol. The van der Waals surface area contributed by atoms with Crippen molar-refractivity contribution in [3.05, 3.63) is 32.9 Å². The van der Waals surface area contributed by atoms with Gasteiger partial charge in [-0.2, -0.15) is 10.2 Å². The molecule has 0 aliphatic carbocycles. The molecule has 2 rings (SSSR count). The van der Waals surface area contributed by atoms with Crippen molar-refractivity contribution in [3.8, 4) is 0 Å². The van der Waals surface area contributed by atoms with Crippen LogP contribution in [-0.2, 0) is 14.1 Å². The Kier molecular flexibility index (Phi) is 6.86. The number of primary amides is 2. The molecule has 154 valence electrons. The first-order valence-corrected chi connectivity index (χ1v) is 8.44. The summed E-state index contributed by atoms with van der Waals surface area (Å²) in [6.07, 6.45) is 0. The maximum absolute atomic E-state index is 11.0. The number of aryl methyl sites for hydroxylation is 2. The standard InChI is InChI=1S/C8H12N4O3.C8H14N4O/c1-4(2)6-7(12(14)15)5(8(9)13)10-11(6)3;1-4(2)7-5(9)6(8(10)13)11-12(7)3/h4H,1-3H3,(H2,9,13);4H,9H2,1-3H3,(H2,10,13). The molecule has 0 unspecified atom stereocenters. The number of hydrogen-bond donors (Lipinski definition) is 3. The summed E-state index contributed by atoms with van der Waals surface area (Å²) in [4.78, 5) is 32.0. The monoisotopic (exact) mass is 394 g/mol. The van der Waals surface area contributed by atoms with Crippen molar-refractivity contribution in [1.82, 2.24) is 19.6 Å². The molecule has 2 aromatic heterocycles. The fourth-order valence-electron chi connectivity index (χ4n) is 2.94. The van der Waals surface area contributed by atoms with Gasteiger partial charge in [0.25, 0.3) is 11.8 Å². The number of nitro groups is 1. The first-order chi connectivity index (χ1) is 12.8. The molecule has 2 amide bonds. The lowest BCUT2D eigenvalue weighted by atomic mass is 10.1. The van der Waals surface area contributed by atoms with Gasteiger partial charge < -0.3 is 17.2 Å². The van der Waals surface area contributed by atoms with Gasteiger partial charge in [-0.3, -0.25) is 29.1 Å². The van der Waals surface area contributed by atoms with Crippen LogP contribution in [0.25, 0.3) is 0 Å². The summed E-state index contributed by atoms with van der Waals surface area (Å²) >= 11 is 0. The zero-order chi connectivity index (χ0) is 21.9. The van der Waals surface area contributed by atoms with Gasteiger partial charge >= 0.3 is 5.69 Å². The zero-order valence-corrected chi connectivity index (χ0v) is 16.8. The Morgan fingerprint density at radius 2 is 1.32 bits per heavy atom. The molecule has 0 saturated heterocycles. The van der Waals surface area contributed by atoms with Crippen molar-refractivity contribution in [2.24, 2.45) is 25.6 Å². The Morgan fingerprint density at radius 3 is 1.61 bits per heavy atom. The highest BCUT2D eigenvalue weighted by Gasteiger charge is 2.31. The Hall–Kier alpha value is -3.44. The molecule has 2 heterocycles. The summed E-state index contributed by atoms with van der Waals surface area (Å²) in [5.41, 5.74) is 17.1. The summed E-state index contributed by atoms with van der Waals surface area (Å²) < 4.78 is 2.92. The van der Waals surface area contributed by atoms with Crippen LogP contribution in [0.4, 0.5) is 11.4 Å². The van der Waals surface area contributed by atoms with Crippen molar-refractivity contribution >= 4 is 23.2 Å². The van der Waals surface area contributed by atoms with Gasteiger partial charge in [0, 0.05) is 20.0 Å². The van der Waals surface area contributed by atoms with Crippen molar-refractivity contribution < 1.29 is 14.5 Å². The normalized spacial score (nSPS) is 10.7. The molecule has 0 bridgehead atoms. The first kappa shape index (κ1) is 22.6. The van der Waals surface area contributed by atoms with Gasteiger partial charge in [-0.1, -0.05) is 27.7 Å². The van der Waals surface area contributed by atoms with Crippen LogP contribution in [0.2, 0.25) is 0 Å². The van der Waals surface area contributed by atoms with Crippen molar-refractivity contribution in [2.45, 2.75) is 39.5 Å². The second kappa shape index (κ2) is 8.50. The summed E-state index contributed by atoms with van der Waals surface area (Å²) in [6.45, 7) is 7.54. The molecule has 12 heteroatoms. The molecule has 6 N–H and O–H groups in total. The van der Waals surface area contributed by atoms with Crippen LogP contribution in [0, 0.1) is 10.1 Å². The number of carbonyl (C=O) groups excluding carboxylic acids is 2. The Balaban J connectivity index is 0.000000283. The van der Waals surface area contributed by atoms with E-state index in [0.29, 0.717) is 11.4 Å². The molecule has 28 heavy (non-hydrogen) atoms. The second-order valence-corrected chi connectivity index (χ2v) is 6.77. The highest BCUT2D eigenvalue weighted by molar-refractivity contribution is 5.96. The van der Waals surface area contributed by atoms with Crippen molar-refractivity contribution in [3.63, 3.8) is 0 Å². The number of nitrogens with zero attached hydrogens (tertiary/aromatic N) is 5. The summed E-state index contributed by atoms with van der Waals surface area (Å²) in [5.74, 6) is -1.34. The van der Waals surface area contributed by atoms with E-state index in [4.69, 9.17) is 17.2 Å². The van der Waals surface area contributed by atoms with E-state index in [-0.39, 0.29) is 28.9 Å². The minimum absolute atomic E-state index is 0.101. The maximum atomic E-state index is 11.0. The molecular formula is C16H26N8O4. The van der Waals surface area contributed by atoms with Gasteiger partial charge in [-0.15, -0.1) is 0 Å². The zero-order valence-electron chi connectivity index (χ0n) is 16.8.